The Kier molecular flexibility index (Phi) is 3.28. The highest BCUT2D eigenvalue weighted by Gasteiger charge is 2.31. The maximum Gasteiger partial charge on any atom is 0.245 e. The summed E-state index contributed by atoms with van der Waals surface area (Å²) in [6.45, 7) is 0. The summed E-state index contributed by atoms with van der Waals surface area (Å²) in [5.41, 5.74) is 1.13. The van der Waals surface area contributed by atoms with Crippen molar-refractivity contribution in [3.63, 3.8) is 0 Å². The van der Waals surface area contributed by atoms with E-state index in [0.717, 1.165) is 37.4 Å². The number of nitrogens with zero attached hydrogens (tertiary/aromatic N) is 3. The average molecular weight is 297 g/mol. The fraction of sp³-hybridized carbons (Fsp3) is 0.500. The molecule has 0 spiro atoms. The second-order valence-electron chi connectivity index (χ2n) is 4.85. The van der Waals surface area contributed by atoms with Crippen molar-refractivity contribution < 1.29 is 8.42 Å². The predicted molar refractivity (Wildman–Crippen MR) is 74.6 cm³/mol. The Labute approximate surface area is 116 Å². The van der Waals surface area contributed by atoms with Crippen molar-refractivity contribution >= 4 is 32.8 Å². The third kappa shape index (κ3) is 2.15. The highest BCUT2D eigenvalue weighted by atomic mass is 32.2. The number of hydrogen-bond donors (Lipinski definition) is 0. The number of rotatable bonds is 3. The van der Waals surface area contributed by atoms with Gasteiger partial charge >= 0.3 is 0 Å². The van der Waals surface area contributed by atoms with Crippen molar-refractivity contribution in [3.8, 4) is 0 Å². The van der Waals surface area contributed by atoms with Crippen LogP contribution in [0.1, 0.15) is 25.7 Å². The molecule has 19 heavy (non-hydrogen) atoms. The van der Waals surface area contributed by atoms with E-state index in [0.29, 0.717) is 11.0 Å². The molecule has 1 aromatic carbocycles. The summed E-state index contributed by atoms with van der Waals surface area (Å²) in [6.07, 6.45) is 4.10. The molecular formula is C12H15N3O2S2. The summed E-state index contributed by atoms with van der Waals surface area (Å²) < 4.78 is 35.1. The molecule has 0 aliphatic heterocycles. The normalized spacial score (nSPS) is 17.6. The molecule has 1 aromatic heterocycles. The Morgan fingerprint density at radius 2 is 2.00 bits per heavy atom. The lowest BCUT2D eigenvalue weighted by atomic mass is 10.3. The molecular weight excluding hydrogens is 282 g/mol. The number of aromatic nitrogens is 2. The minimum absolute atomic E-state index is 0.117. The van der Waals surface area contributed by atoms with Crippen molar-refractivity contribution in [1.29, 1.82) is 0 Å². The van der Waals surface area contributed by atoms with Gasteiger partial charge in [0.1, 0.15) is 15.9 Å². The van der Waals surface area contributed by atoms with Crippen LogP contribution in [0.15, 0.2) is 23.1 Å². The smallest absolute Gasteiger partial charge is 0.207 e. The Morgan fingerprint density at radius 3 is 2.74 bits per heavy atom. The van der Waals surface area contributed by atoms with E-state index in [4.69, 9.17) is 0 Å². The quantitative estimate of drug-likeness (QED) is 0.871. The SMILES string of the molecule is CN(C1CCCC1)S(=O)(=O)c1cccc2nsnc12. The van der Waals surface area contributed by atoms with Crippen LogP contribution in [0.3, 0.4) is 0 Å². The van der Waals surface area contributed by atoms with Gasteiger partial charge in [-0.1, -0.05) is 18.9 Å². The molecule has 0 radical (unpaired) electrons. The van der Waals surface area contributed by atoms with Crippen molar-refractivity contribution in [2.24, 2.45) is 0 Å². The van der Waals surface area contributed by atoms with Gasteiger partial charge < -0.3 is 0 Å². The van der Waals surface area contributed by atoms with Crippen LogP contribution in [0.25, 0.3) is 11.0 Å². The number of benzene rings is 1. The lowest BCUT2D eigenvalue weighted by Crippen LogP contribution is -2.35. The standard InChI is InChI=1S/C12H15N3O2S2/c1-15(9-5-2-3-6-9)19(16,17)11-8-4-7-10-12(11)14-18-13-10/h4,7-9H,2-3,5-6H2,1H3. The number of sulfonamides is 1. The lowest BCUT2D eigenvalue weighted by Gasteiger charge is -2.23. The highest BCUT2D eigenvalue weighted by Crippen LogP contribution is 2.29. The van der Waals surface area contributed by atoms with Gasteiger partial charge in [-0.2, -0.15) is 13.1 Å². The van der Waals surface area contributed by atoms with Crippen LogP contribution >= 0.6 is 11.7 Å². The first-order valence-electron chi connectivity index (χ1n) is 6.30. The van der Waals surface area contributed by atoms with Crippen LogP contribution in [0.5, 0.6) is 0 Å². The minimum Gasteiger partial charge on any atom is -0.207 e. The molecule has 2 aromatic rings. The summed E-state index contributed by atoms with van der Waals surface area (Å²) in [5, 5.41) is 0. The zero-order chi connectivity index (χ0) is 13.5. The molecule has 102 valence electrons. The highest BCUT2D eigenvalue weighted by molar-refractivity contribution is 7.89. The fourth-order valence-electron chi connectivity index (χ4n) is 2.61. The molecule has 1 heterocycles. The van der Waals surface area contributed by atoms with Gasteiger partial charge in [-0.15, -0.1) is 0 Å². The van der Waals surface area contributed by atoms with E-state index >= 15 is 0 Å². The zero-order valence-electron chi connectivity index (χ0n) is 10.6. The van der Waals surface area contributed by atoms with Gasteiger partial charge in [0, 0.05) is 13.1 Å². The van der Waals surface area contributed by atoms with Crippen LogP contribution < -0.4 is 0 Å². The Hall–Kier alpha value is -1.05. The maximum absolute atomic E-state index is 12.7. The molecule has 0 unspecified atom stereocenters. The molecule has 0 N–H and O–H groups in total. The summed E-state index contributed by atoms with van der Waals surface area (Å²) in [7, 11) is -1.81. The van der Waals surface area contributed by atoms with Gasteiger partial charge in [0.2, 0.25) is 10.0 Å². The molecule has 0 saturated heterocycles. The molecule has 1 saturated carbocycles. The van der Waals surface area contributed by atoms with Gasteiger partial charge in [0.05, 0.1) is 11.7 Å². The molecule has 0 bridgehead atoms. The third-order valence-corrected chi connectivity index (χ3v) is 6.23. The Balaban J connectivity index is 2.06. The molecule has 7 heteroatoms. The molecule has 5 nitrogen and oxygen atoms in total. The second-order valence-corrected chi connectivity index (χ2v) is 7.34. The Bertz CT molecular complexity index is 690. The van der Waals surface area contributed by atoms with Gasteiger partial charge in [-0.25, -0.2) is 8.42 Å². The van der Waals surface area contributed by atoms with E-state index in [-0.39, 0.29) is 10.9 Å². The molecule has 1 aliphatic rings. The second kappa shape index (κ2) is 4.81. The largest absolute Gasteiger partial charge is 0.245 e. The monoisotopic (exact) mass is 297 g/mol. The van der Waals surface area contributed by atoms with Crippen LogP contribution in [0, 0.1) is 0 Å². The number of fused-ring (bicyclic) bond motifs is 1. The fourth-order valence-corrected chi connectivity index (χ4v) is 4.77. The predicted octanol–water partition coefficient (Wildman–Crippen LogP) is 2.25. The topological polar surface area (TPSA) is 63.2 Å². The summed E-state index contributed by atoms with van der Waals surface area (Å²) >= 11 is 1.04. The van der Waals surface area contributed by atoms with Crippen LogP contribution in [-0.2, 0) is 10.0 Å². The first kappa shape index (κ1) is 13.0. The summed E-state index contributed by atoms with van der Waals surface area (Å²) in [4.78, 5) is 0.271. The van der Waals surface area contributed by atoms with Crippen LogP contribution in [0.2, 0.25) is 0 Å². The third-order valence-electron chi connectivity index (χ3n) is 3.74. The first-order valence-corrected chi connectivity index (χ1v) is 8.47. The molecule has 0 atom stereocenters. The van der Waals surface area contributed by atoms with Gasteiger partial charge in [0.25, 0.3) is 0 Å². The van der Waals surface area contributed by atoms with Crippen molar-refractivity contribution in [1.82, 2.24) is 13.1 Å². The lowest BCUT2D eigenvalue weighted by molar-refractivity contribution is 0.373. The van der Waals surface area contributed by atoms with Gasteiger partial charge in [0.15, 0.2) is 0 Å². The van der Waals surface area contributed by atoms with E-state index in [1.807, 2.05) is 0 Å². The van der Waals surface area contributed by atoms with Gasteiger partial charge in [-0.05, 0) is 25.0 Å². The number of hydrogen-bond acceptors (Lipinski definition) is 5. The maximum atomic E-state index is 12.7. The van der Waals surface area contributed by atoms with E-state index in [1.165, 1.54) is 4.31 Å². The van der Waals surface area contributed by atoms with Crippen LogP contribution in [0.4, 0.5) is 0 Å². The van der Waals surface area contributed by atoms with E-state index in [2.05, 4.69) is 8.75 Å². The Morgan fingerprint density at radius 1 is 1.26 bits per heavy atom. The first-order chi connectivity index (χ1) is 9.10. The van der Waals surface area contributed by atoms with Crippen molar-refractivity contribution in [2.45, 2.75) is 36.6 Å². The summed E-state index contributed by atoms with van der Waals surface area (Å²) in [6, 6.07) is 5.24. The van der Waals surface area contributed by atoms with Crippen molar-refractivity contribution in [2.75, 3.05) is 7.05 Å². The molecule has 1 aliphatic carbocycles. The van der Waals surface area contributed by atoms with E-state index < -0.39 is 10.0 Å². The summed E-state index contributed by atoms with van der Waals surface area (Å²) in [5.74, 6) is 0. The van der Waals surface area contributed by atoms with E-state index in [9.17, 15) is 8.42 Å². The van der Waals surface area contributed by atoms with Gasteiger partial charge in [-0.3, -0.25) is 0 Å². The zero-order valence-corrected chi connectivity index (χ0v) is 12.2. The van der Waals surface area contributed by atoms with Crippen molar-refractivity contribution in [3.05, 3.63) is 18.2 Å². The van der Waals surface area contributed by atoms with Crippen LogP contribution in [-0.4, -0.2) is 34.6 Å². The molecule has 0 amide bonds. The molecule has 3 rings (SSSR count). The average Bonchev–Trinajstić information content (AvgIpc) is 3.07. The molecule has 1 fully saturated rings. The van der Waals surface area contributed by atoms with E-state index in [1.54, 1.807) is 25.2 Å². The minimum atomic E-state index is -3.48.